The van der Waals surface area contributed by atoms with Gasteiger partial charge in [0.05, 0.1) is 19.3 Å². The van der Waals surface area contributed by atoms with Crippen molar-refractivity contribution in [2.75, 3.05) is 6.61 Å². The molecule has 0 radical (unpaired) electrons. The second kappa shape index (κ2) is 6.18. The van der Waals surface area contributed by atoms with Gasteiger partial charge in [0.25, 0.3) is 0 Å². The number of alkyl halides is 2. The smallest absolute Gasteiger partial charge is 0.248 e. The molecule has 0 amide bonds. The van der Waals surface area contributed by atoms with Crippen molar-refractivity contribution in [2.24, 2.45) is 23.5 Å². The number of rotatable bonds is 4. The van der Waals surface area contributed by atoms with E-state index in [1.54, 1.807) is 0 Å². The summed E-state index contributed by atoms with van der Waals surface area (Å²) in [5.41, 5.74) is 6.25. The highest BCUT2D eigenvalue weighted by Gasteiger charge is 2.56. The summed E-state index contributed by atoms with van der Waals surface area (Å²) in [6.07, 6.45) is 0.527. The number of nitriles is 1. The number of nitrogens with zero attached hydrogens (tertiary/aromatic N) is 1. The Morgan fingerprint density at radius 3 is 2.70 bits per heavy atom. The Balaban J connectivity index is 1.66. The van der Waals surface area contributed by atoms with Crippen LogP contribution >= 0.6 is 0 Å². The molecule has 2 aliphatic rings. The molecule has 2 saturated carbocycles. The highest BCUT2D eigenvalue weighted by molar-refractivity contribution is 5.18. The van der Waals surface area contributed by atoms with E-state index in [1.165, 1.54) is 0 Å². The van der Waals surface area contributed by atoms with Crippen LogP contribution in [0.2, 0.25) is 0 Å². The first kappa shape index (κ1) is 16.4. The number of halogens is 2. The second-order valence-corrected chi connectivity index (χ2v) is 6.99. The molecule has 2 N–H and O–H groups in total. The molecule has 0 aromatic heterocycles. The second-order valence-electron chi connectivity index (χ2n) is 6.99. The van der Waals surface area contributed by atoms with Crippen LogP contribution in [0.4, 0.5) is 8.78 Å². The van der Waals surface area contributed by atoms with Crippen LogP contribution in [-0.4, -0.2) is 18.1 Å². The minimum atomic E-state index is -2.61. The third kappa shape index (κ3) is 3.39. The first-order valence-corrected chi connectivity index (χ1v) is 8.13. The lowest BCUT2D eigenvalue weighted by atomic mass is 9.76. The molecule has 3 rings (SSSR count). The van der Waals surface area contributed by atoms with E-state index in [1.807, 2.05) is 30.3 Å². The summed E-state index contributed by atoms with van der Waals surface area (Å²) in [7, 11) is 0. The summed E-state index contributed by atoms with van der Waals surface area (Å²) in [4.78, 5) is 0. The molecule has 2 fully saturated rings. The molecule has 4 atom stereocenters. The van der Waals surface area contributed by atoms with Crippen molar-refractivity contribution in [3.8, 4) is 6.07 Å². The zero-order chi connectivity index (χ0) is 16.5. The van der Waals surface area contributed by atoms with E-state index in [4.69, 9.17) is 10.5 Å². The number of nitrogens with two attached hydrogens (primary N) is 1. The maximum absolute atomic E-state index is 13.6. The van der Waals surface area contributed by atoms with Crippen molar-refractivity contribution in [3.63, 3.8) is 0 Å². The largest absolute Gasteiger partial charge is 0.376 e. The van der Waals surface area contributed by atoms with Crippen LogP contribution in [0.1, 0.15) is 31.2 Å². The van der Waals surface area contributed by atoms with Gasteiger partial charge in [-0.25, -0.2) is 8.78 Å². The van der Waals surface area contributed by atoms with Crippen LogP contribution in [0.5, 0.6) is 0 Å². The summed E-state index contributed by atoms with van der Waals surface area (Å²) < 4.78 is 33.1. The molecule has 0 bridgehead atoms. The first-order chi connectivity index (χ1) is 10.9. The maximum atomic E-state index is 13.6. The van der Waals surface area contributed by atoms with E-state index in [0.717, 1.165) is 5.56 Å². The Morgan fingerprint density at radius 2 is 2.00 bits per heavy atom. The minimum Gasteiger partial charge on any atom is -0.376 e. The molecule has 0 aliphatic heterocycles. The summed E-state index contributed by atoms with van der Waals surface area (Å²) >= 11 is 0. The van der Waals surface area contributed by atoms with Gasteiger partial charge in [0.15, 0.2) is 0 Å². The summed E-state index contributed by atoms with van der Waals surface area (Å²) in [5, 5.41) is 9.47. The Morgan fingerprint density at radius 1 is 1.26 bits per heavy atom. The molecule has 0 saturated heterocycles. The van der Waals surface area contributed by atoms with Crippen molar-refractivity contribution in [2.45, 2.75) is 43.8 Å². The fourth-order valence-corrected chi connectivity index (χ4v) is 4.25. The summed E-state index contributed by atoms with van der Waals surface area (Å²) in [5.74, 6) is -2.89. The Labute approximate surface area is 135 Å². The monoisotopic (exact) mass is 320 g/mol. The molecule has 2 aliphatic carbocycles. The standard InChI is InChI=1S/C18H22F2N2O/c19-18(20)7-6-15-14(9-18)8-17(22,12-21)16(15)11-23-10-13-4-2-1-3-5-13/h1-5,14-16H,6-11,22H2/t14?,15?,16-,17?/m0/s1. The van der Waals surface area contributed by atoms with E-state index in [2.05, 4.69) is 6.07 Å². The molecular formula is C18H22F2N2O. The molecule has 0 spiro atoms. The van der Waals surface area contributed by atoms with Crippen LogP contribution in [0.25, 0.3) is 0 Å². The van der Waals surface area contributed by atoms with Crippen molar-refractivity contribution in [3.05, 3.63) is 35.9 Å². The average molecular weight is 320 g/mol. The fourth-order valence-electron chi connectivity index (χ4n) is 4.25. The van der Waals surface area contributed by atoms with Gasteiger partial charge in [0.1, 0.15) is 5.54 Å². The van der Waals surface area contributed by atoms with Gasteiger partial charge in [-0.2, -0.15) is 5.26 Å². The first-order valence-electron chi connectivity index (χ1n) is 8.13. The molecule has 0 heterocycles. The molecule has 1 aromatic rings. The third-order valence-electron chi connectivity index (χ3n) is 5.41. The lowest BCUT2D eigenvalue weighted by Crippen LogP contribution is -2.45. The van der Waals surface area contributed by atoms with E-state index in [9.17, 15) is 14.0 Å². The zero-order valence-corrected chi connectivity index (χ0v) is 13.1. The molecule has 124 valence electrons. The van der Waals surface area contributed by atoms with Crippen molar-refractivity contribution in [1.82, 2.24) is 0 Å². The quantitative estimate of drug-likeness (QED) is 0.924. The van der Waals surface area contributed by atoms with E-state index in [0.29, 0.717) is 26.1 Å². The van der Waals surface area contributed by atoms with Gasteiger partial charge in [0, 0.05) is 18.8 Å². The van der Waals surface area contributed by atoms with Crippen molar-refractivity contribution >= 4 is 0 Å². The molecule has 3 unspecified atom stereocenters. The Hall–Kier alpha value is -1.51. The number of hydrogen-bond acceptors (Lipinski definition) is 3. The number of hydrogen-bond donors (Lipinski definition) is 1. The highest BCUT2D eigenvalue weighted by atomic mass is 19.3. The maximum Gasteiger partial charge on any atom is 0.248 e. The molecule has 23 heavy (non-hydrogen) atoms. The number of ether oxygens (including phenoxy) is 1. The van der Waals surface area contributed by atoms with Crippen molar-refractivity contribution in [1.29, 1.82) is 5.26 Å². The van der Waals surface area contributed by atoms with Crippen LogP contribution in [0.3, 0.4) is 0 Å². The van der Waals surface area contributed by atoms with Gasteiger partial charge >= 0.3 is 0 Å². The molecule has 5 heteroatoms. The molecule has 1 aromatic carbocycles. The zero-order valence-electron chi connectivity index (χ0n) is 13.1. The third-order valence-corrected chi connectivity index (χ3v) is 5.41. The predicted molar refractivity (Wildman–Crippen MR) is 82.5 cm³/mol. The van der Waals surface area contributed by atoms with E-state index < -0.39 is 11.5 Å². The summed E-state index contributed by atoms with van der Waals surface area (Å²) in [6, 6.07) is 11.9. The lowest BCUT2D eigenvalue weighted by molar-refractivity contribution is -0.0719. The average Bonchev–Trinajstić information content (AvgIpc) is 2.79. The minimum absolute atomic E-state index is 0.0649. The predicted octanol–water partition coefficient (Wildman–Crippen LogP) is 3.50. The topological polar surface area (TPSA) is 59.0 Å². The Bertz CT molecular complexity index is 586. The van der Waals surface area contributed by atoms with Gasteiger partial charge in [-0.05, 0) is 30.2 Å². The fraction of sp³-hybridized carbons (Fsp3) is 0.611. The summed E-state index contributed by atoms with van der Waals surface area (Å²) in [6.45, 7) is 0.804. The SMILES string of the molecule is N#CC1(N)CC2CC(F)(F)CCC2[C@@H]1COCc1ccccc1. The van der Waals surface area contributed by atoms with Gasteiger partial charge in [-0.15, -0.1) is 0 Å². The van der Waals surface area contributed by atoms with Crippen LogP contribution < -0.4 is 5.73 Å². The lowest BCUT2D eigenvalue weighted by Gasteiger charge is -2.34. The van der Waals surface area contributed by atoms with Crippen molar-refractivity contribution < 1.29 is 13.5 Å². The van der Waals surface area contributed by atoms with Gasteiger partial charge in [0.2, 0.25) is 5.92 Å². The van der Waals surface area contributed by atoms with Crippen LogP contribution in [-0.2, 0) is 11.3 Å². The number of fused-ring (bicyclic) bond motifs is 1. The van der Waals surface area contributed by atoms with E-state index >= 15 is 0 Å². The Kier molecular flexibility index (Phi) is 4.39. The van der Waals surface area contributed by atoms with E-state index in [-0.39, 0.29) is 30.6 Å². The number of benzene rings is 1. The molecular weight excluding hydrogens is 298 g/mol. The normalized spacial score (nSPS) is 35.5. The van der Waals surface area contributed by atoms with Gasteiger partial charge in [-0.3, -0.25) is 0 Å². The molecule has 3 nitrogen and oxygen atoms in total. The van der Waals surface area contributed by atoms with Crippen LogP contribution in [0, 0.1) is 29.1 Å². The van der Waals surface area contributed by atoms with Crippen LogP contribution in [0.15, 0.2) is 30.3 Å². The van der Waals surface area contributed by atoms with Gasteiger partial charge < -0.3 is 10.5 Å². The van der Waals surface area contributed by atoms with Gasteiger partial charge in [-0.1, -0.05) is 30.3 Å². The highest BCUT2D eigenvalue weighted by Crippen LogP contribution is 2.53.